The van der Waals surface area contributed by atoms with Crippen LogP contribution in [0.3, 0.4) is 0 Å². The predicted octanol–water partition coefficient (Wildman–Crippen LogP) is 3.13. The lowest BCUT2D eigenvalue weighted by atomic mass is 9.73. The summed E-state index contributed by atoms with van der Waals surface area (Å²) in [4.78, 5) is 2.71. The summed E-state index contributed by atoms with van der Waals surface area (Å²) in [6.07, 6.45) is 7.13. The predicted molar refractivity (Wildman–Crippen MR) is 78.8 cm³/mol. The molecule has 2 rings (SSSR count). The smallest absolute Gasteiger partial charge is 0.0108 e. The number of nitrogens with zero attached hydrogens (tertiary/aromatic N) is 1. The van der Waals surface area contributed by atoms with Crippen molar-refractivity contribution < 1.29 is 0 Å². The molecule has 3 unspecified atom stereocenters. The molecule has 0 bridgehead atoms. The van der Waals surface area contributed by atoms with Gasteiger partial charge in [0, 0.05) is 12.6 Å². The SMILES string of the molecule is CCNC1CCC(C(C)C)CC1CN1CCCC1. The van der Waals surface area contributed by atoms with Crippen LogP contribution in [0.5, 0.6) is 0 Å². The molecule has 1 saturated heterocycles. The molecule has 0 aromatic heterocycles. The van der Waals surface area contributed by atoms with E-state index in [0.29, 0.717) is 0 Å². The van der Waals surface area contributed by atoms with E-state index in [2.05, 4.69) is 31.0 Å². The summed E-state index contributed by atoms with van der Waals surface area (Å²) in [7, 11) is 0. The molecule has 3 atom stereocenters. The molecule has 2 nitrogen and oxygen atoms in total. The molecule has 0 radical (unpaired) electrons. The summed E-state index contributed by atoms with van der Waals surface area (Å²) in [5, 5.41) is 3.74. The number of nitrogens with one attached hydrogen (secondary N) is 1. The highest BCUT2D eigenvalue weighted by Gasteiger charge is 2.32. The molecule has 106 valence electrons. The summed E-state index contributed by atoms with van der Waals surface area (Å²) in [5.41, 5.74) is 0. The Morgan fingerprint density at radius 3 is 2.50 bits per heavy atom. The molecule has 0 spiro atoms. The fourth-order valence-electron chi connectivity index (χ4n) is 3.94. The Hall–Kier alpha value is -0.0800. The van der Waals surface area contributed by atoms with Crippen LogP contribution in [0.25, 0.3) is 0 Å². The van der Waals surface area contributed by atoms with Gasteiger partial charge in [0.15, 0.2) is 0 Å². The van der Waals surface area contributed by atoms with Gasteiger partial charge in [0.25, 0.3) is 0 Å². The number of likely N-dealkylation sites (tertiary alicyclic amines) is 1. The molecule has 1 N–H and O–H groups in total. The van der Waals surface area contributed by atoms with Crippen LogP contribution in [0.4, 0.5) is 0 Å². The summed E-state index contributed by atoms with van der Waals surface area (Å²) >= 11 is 0. The van der Waals surface area contributed by atoms with Gasteiger partial charge in [0.1, 0.15) is 0 Å². The van der Waals surface area contributed by atoms with E-state index in [1.807, 2.05) is 0 Å². The minimum atomic E-state index is 0.783. The fourth-order valence-corrected chi connectivity index (χ4v) is 3.94. The quantitative estimate of drug-likeness (QED) is 0.809. The van der Waals surface area contributed by atoms with Crippen molar-refractivity contribution in [2.75, 3.05) is 26.2 Å². The minimum absolute atomic E-state index is 0.783. The summed E-state index contributed by atoms with van der Waals surface area (Å²) in [6, 6.07) is 0.783. The lowest BCUT2D eigenvalue weighted by Gasteiger charge is -2.40. The van der Waals surface area contributed by atoms with E-state index in [9.17, 15) is 0 Å². The average molecular weight is 252 g/mol. The maximum absolute atomic E-state index is 3.74. The second kappa shape index (κ2) is 6.91. The van der Waals surface area contributed by atoms with E-state index in [-0.39, 0.29) is 0 Å². The van der Waals surface area contributed by atoms with Crippen molar-refractivity contribution in [2.24, 2.45) is 17.8 Å². The van der Waals surface area contributed by atoms with Gasteiger partial charge in [-0.25, -0.2) is 0 Å². The second-order valence-corrected chi connectivity index (χ2v) is 6.75. The molecule has 2 aliphatic rings. The van der Waals surface area contributed by atoms with Gasteiger partial charge < -0.3 is 10.2 Å². The Balaban J connectivity index is 1.90. The maximum Gasteiger partial charge on any atom is 0.0108 e. The fraction of sp³-hybridized carbons (Fsp3) is 1.00. The van der Waals surface area contributed by atoms with Gasteiger partial charge in [0.05, 0.1) is 0 Å². The zero-order valence-corrected chi connectivity index (χ0v) is 12.6. The van der Waals surface area contributed by atoms with E-state index in [1.165, 1.54) is 51.7 Å². The van der Waals surface area contributed by atoms with Gasteiger partial charge in [-0.2, -0.15) is 0 Å². The van der Waals surface area contributed by atoms with Crippen LogP contribution < -0.4 is 5.32 Å². The standard InChI is InChI=1S/C16H32N2/c1-4-17-16-8-7-14(13(2)3)11-15(16)12-18-9-5-6-10-18/h13-17H,4-12H2,1-3H3. The molecule has 1 saturated carbocycles. The van der Waals surface area contributed by atoms with Crippen LogP contribution in [-0.4, -0.2) is 37.1 Å². The van der Waals surface area contributed by atoms with E-state index in [4.69, 9.17) is 0 Å². The number of hydrogen-bond donors (Lipinski definition) is 1. The van der Waals surface area contributed by atoms with Crippen molar-refractivity contribution in [3.8, 4) is 0 Å². The van der Waals surface area contributed by atoms with Crippen LogP contribution in [0.1, 0.15) is 52.9 Å². The van der Waals surface area contributed by atoms with Gasteiger partial charge >= 0.3 is 0 Å². The Kier molecular flexibility index (Phi) is 5.50. The first kappa shape index (κ1) is 14.3. The first-order valence-corrected chi connectivity index (χ1v) is 8.16. The lowest BCUT2D eigenvalue weighted by Crippen LogP contribution is -2.46. The molecular formula is C16H32N2. The third kappa shape index (κ3) is 3.71. The Morgan fingerprint density at radius 1 is 1.17 bits per heavy atom. The molecule has 1 aliphatic carbocycles. The highest BCUT2D eigenvalue weighted by atomic mass is 15.1. The number of rotatable bonds is 5. The highest BCUT2D eigenvalue weighted by molar-refractivity contribution is 4.88. The second-order valence-electron chi connectivity index (χ2n) is 6.75. The van der Waals surface area contributed by atoms with E-state index in [0.717, 1.165) is 30.3 Å². The Labute approximate surface area is 114 Å². The highest BCUT2D eigenvalue weighted by Crippen LogP contribution is 2.34. The van der Waals surface area contributed by atoms with Gasteiger partial charge in [0.2, 0.25) is 0 Å². The molecule has 1 aliphatic heterocycles. The van der Waals surface area contributed by atoms with Crippen LogP contribution >= 0.6 is 0 Å². The monoisotopic (exact) mass is 252 g/mol. The van der Waals surface area contributed by atoms with Crippen molar-refractivity contribution in [3.63, 3.8) is 0 Å². The van der Waals surface area contributed by atoms with Crippen molar-refractivity contribution in [2.45, 2.75) is 58.9 Å². The molecule has 0 aromatic carbocycles. The van der Waals surface area contributed by atoms with Gasteiger partial charge in [-0.15, -0.1) is 0 Å². The largest absolute Gasteiger partial charge is 0.314 e. The van der Waals surface area contributed by atoms with Crippen LogP contribution in [0.15, 0.2) is 0 Å². The van der Waals surface area contributed by atoms with Crippen LogP contribution in [0, 0.1) is 17.8 Å². The van der Waals surface area contributed by atoms with Crippen molar-refractivity contribution in [1.29, 1.82) is 0 Å². The van der Waals surface area contributed by atoms with Crippen LogP contribution in [0.2, 0.25) is 0 Å². The average Bonchev–Trinajstić information content (AvgIpc) is 2.84. The molecule has 2 fully saturated rings. The molecular weight excluding hydrogens is 220 g/mol. The minimum Gasteiger partial charge on any atom is -0.314 e. The van der Waals surface area contributed by atoms with E-state index >= 15 is 0 Å². The molecule has 0 aromatic rings. The summed E-state index contributed by atoms with van der Waals surface area (Å²) in [6.45, 7) is 12.2. The lowest BCUT2D eigenvalue weighted by molar-refractivity contribution is 0.133. The Bertz CT molecular complexity index is 231. The van der Waals surface area contributed by atoms with Gasteiger partial charge in [-0.1, -0.05) is 20.8 Å². The van der Waals surface area contributed by atoms with Crippen molar-refractivity contribution >= 4 is 0 Å². The van der Waals surface area contributed by atoms with Crippen LogP contribution in [-0.2, 0) is 0 Å². The third-order valence-corrected chi connectivity index (χ3v) is 5.12. The first-order valence-electron chi connectivity index (χ1n) is 8.16. The zero-order valence-electron chi connectivity index (χ0n) is 12.6. The van der Waals surface area contributed by atoms with E-state index < -0.39 is 0 Å². The van der Waals surface area contributed by atoms with Gasteiger partial charge in [-0.3, -0.25) is 0 Å². The van der Waals surface area contributed by atoms with Crippen molar-refractivity contribution in [3.05, 3.63) is 0 Å². The molecule has 0 amide bonds. The first-order chi connectivity index (χ1) is 8.70. The molecule has 2 heteroatoms. The topological polar surface area (TPSA) is 15.3 Å². The van der Waals surface area contributed by atoms with E-state index in [1.54, 1.807) is 0 Å². The third-order valence-electron chi connectivity index (χ3n) is 5.12. The van der Waals surface area contributed by atoms with Crippen molar-refractivity contribution in [1.82, 2.24) is 10.2 Å². The van der Waals surface area contributed by atoms with Gasteiger partial charge in [-0.05, 0) is 69.5 Å². The summed E-state index contributed by atoms with van der Waals surface area (Å²) < 4.78 is 0. The summed E-state index contributed by atoms with van der Waals surface area (Å²) in [5.74, 6) is 2.73. The Morgan fingerprint density at radius 2 is 1.89 bits per heavy atom. The molecule has 1 heterocycles. The normalized spacial score (nSPS) is 34.3. The molecule has 18 heavy (non-hydrogen) atoms. The number of hydrogen-bond acceptors (Lipinski definition) is 2. The maximum atomic E-state index is 3.74. The zero-order chi connectivity index (χ0) is 13.0.